The summed E-state index contributed by atoms with van der Waals surface area (Å²) in [5.41, 5.74) is 4.01. The molecule has 0 saturated carbocycles. The number of carbonyl (C=O) groups is 1. The van der Waals surface area contributed by atoms with Gasteiger partial charge in [0, 0.05) is 17.0 Å². The van der Waals surface area contributed by atoms with E-state index in [2.05, 4.69) is 46.7 Å². The number of carbonyl (C=O) groups excluding carboxylic acids is 1. The van der Waals surface area contributed by atoms with Crippen LogP contribution in [0.25, 0.3) is 5.69 Å². The molecule has 4 aromatic rings. The van der Waals surface area contributed by atoms with E-state index >= 15 is 0 Å². The van der Waals surface area contributed by atoms with Gasteiger partial charge in [-0.3, -0.25) is 9.36 Å². The van der Waals surface area contributed by atoms with E-state index in [1.54, 1.807) is 23.9 Å². The number of thioether (sulfide) groups is 1. The zero-order chi connectivity index (χ0) is 20.8. The molecule has 6 heteroatoms. The summed E-state index contributed by atoms with van der Waals surface area (Å²) in [4.78, 5) is 12.5. The molecule has 0 atom stereocenters. The maximum Gasteiger partial charge on any atom is 0.251 e. The van der Waals surface area contributed by atoms with Gasteiger partial charge in [0.25, 0.3) is 5.91 Å². The minimum atomic E-state index is -0.132. The molecule has 1 heterocycles. The van der Waals surface area contributed by atoms with Gasteiger partial charge in [-0.1, -0.05) is 78.0 Å². The fourth-order valence-electron chi connectivity index (χ4n) is 3.03. The second-order valence-electron chi connectivity index (χ2n) is 6.89. The molecule has 3 aromatic carbocycles. The highest BCUT2D eigenvalue weighted by atomic mass is 32.2. The molecule has 1 N–H and O–H groups in total. The van der Waals surface area contributed by atoms with E-state index in [1.165, 1.54) is 11.1 Å². The molecule has 30 heavy (non-hydrogen) atoms. The number of rotatable bonds is 7. The Bertz CT molecular complexity index is 1110. The van der Waals surface area contributed by atoms with Crippen molar-refractivity contribution in [2.24, 2.45) is 0 Å². The molecule has 1 amide bonds. The zero-order valence-electron chi connectivity index (χ0n) is 16.7. The van der Waals surface area contributed by atoms with Gasteiger partial charge >= 0.3 is 0 Å². The van der Waals surface area contributed by atoms with Crippen LogP contribution in [0.3, 0.4) is 0 Å². The molecule has 0 radical (unpaired) electrons. The van der Waals surface area contributed by atoms with Gasteiger partial charge in [0.2, 0.25) is 0 Å². The number of amides is 1. The lowest BCUT2D eigenvalue weighted by atomic mass is 10.2. The number of nitrogens with zero attached hydrogens (tertiary/aromatic N) is 3. The standard InChI is InChI=1S/C24H22N4OS/c1-18-12-14-21(15-13-18)28-22(16-25-23(29)20-10-6-3-7-11-20)26-27-24(28)30-17-19-8-4-2-5-9-19/h2-15H,16-17H2,1H3,(H,25,29). The van der Waals surface area contributed by atoms with E-state index in [0.29, 0.717) is 17.9 Å². The number of hydrogen-bond acceptors (Lipinski definition) is 4. The molecule has 5 nitrogen and oxygen atoms in total. The normalized spacial score (nSPS) is 10.7. The predicted molar refractivity (Wildman–Crippen MR) is 120 cm³/mol. The first-order valence-electron chi connectivity index (χ1n) is 9.72. The van der Waals surface area contributed by atoms with Crippen LogP contribution in [0.4, 0.5) is 0 Å². The van der Waals surface area contributed by atoms with Crippen molar-refractivity contribution in [3.8, 4) is 5.69 Å². The first kappa shape index (κ1) is 19.9. The lowest BCUT2D eigenvalue weighted by Gasteiger charge is -2.11. The molecule has 0 aliphatic heterocycles. The van der Waals surface area contributed by atoms with Crippen LogP contribution in [0.2, 0.25) is 0 Å². The van der Waals surface area contributed by atoms with Crippen LogP contribution < -0.4 is 5.32 Å². The molecular weight excluding hydrogens is 392 g/mol. The minimum absolute atomic E-state index is 0.132. The van der Waals surface area contributed by atoms with Crippen LogP contribution in [0, 0.1) is 6.92 Å². The number of nitrogens with one attached hydrogen (secondary N) is 1. The number of aryl methyl sites for hydroxylation is 1. The summed E-state index contributed by atoms with van der Waals surface area (Å²) in [6, 6.07) is 27.7. The first-order chi connectivity index (χ1) is 14.7. The Kier molecular flexibility index (Phi) is 6.25. The maximum atomic E-state index is 12.5. The average Bonchev–Trinajstić information content (AvgIpc) is 3.20. The van der Waals surface area contributed by atoms with Crippen molar-refractivity contribution in [2.75, 3.05) is 0 Å². The van der Waals surface area contributed by atoms with Gasteiger partial charge in [-0.15, -0.1) is 10.2 Å². The Morgan fingerprint density at radius 1 is 0.900 bits per heavy atom. The first-order valence-corrected chi connectivity index (χ1v) is 10.7. The molecule has 0 aliphatic rings. The summed E-state index contributed by atoms with van der Waals surface area (Å²) < 4.78 is 2.01. The van der Waals surface area contributed by atoms with Gasteiger partial charge in [-0.25, -0.2) is 0 Å². The third kappa shape index (κ3) is 4.78. The SMILES string of the molecule is Cc1ccc(-n2c(CNC(=O)c3ccccc3)nnc2SCc2ccccc2)cc1. The van der Waals surface area contributed by atoms with Crippen molar-refractivity contribution in [3.63, 3.8) is 0 Å². The third-order valence-electron chi connectivity index (χ3n) is 4.65. The highest BCUT2D eigenvalue weighted by Crippen LogP contribution is 2.25. The summed E-state index contributed by atoms with van der Waals surface area (Å²) >= 11 is 1.63. The summed E-state index contributed by atoms with van der Waals surface area (Å²) in [5.74, 6) is 1.35. The lowest BCUT2D eigenvalue weighted by Crippen LogP contribution is -2.24. The van der Waals surface area contributed by atoms with Crippen molar-refractivity contribution < 1.29 is 4.79 Å². The Balaban J connectivity index is 1.57. The van der Waals surface area contributed by atoms with Crippen molar-refractivity contribution >= 4 is 17.7 Å². The number of hydrogen-bond donors (Lipinski definition) is 1. The van der Waals surface area contributed by atoms with E-state index in [-0.39, 0.29) is 5.91 Å². The fourth-order valence-corrected chi connectivity index (χ4v) is 3.96. The molecule has 1 aromatic heterocycles. The zero-order valence-corrected chi connectivity index (χ0v) is 17.5. The van der Waals surface area contributed by atoms with Gasteiger partial charge in [-0.05, 0) is 36.8 Å². The third-order valence-corrected chi connectivity index (χ3v) is 5.65. The molecule has 0 bridgehead atoms. The largest absolute Gasteiger partial charge is 0.345 e. The van der Waals surface area contributed by atoms with Crippen LogP contribution in [0.1, 0.15) is 27.3 Å². The minimum Gasteiger partial charge on any atom is -0.345 e. The summed E-state index contributed by atoms with van der Waals surface area (Å²) in [6.45, 7) is 2.35. The maximum absolute atomic E-state index is 12.5. The molecule has 150 valence electrons. The van der Waals surface area contributed by atoms with E-state index in [0.717, 1.165) is 16.6 Å². The molecular formula is C24H22N4OS. The van der Waals surface area contributed by atoms with Gasteiger partial charge in [0.05, 0.1) is 6.54 Å². The van der Waals surface area contributed by atoms with Crippen LogP contribution in [-0.4, -0.2) is 20.7 Å². The molecule has 0 saturated heterocycles. The number of benzene rings is 3. The number of aromatic nitrogens is 3. The van der Waals surface area contributed by atoms with E-state index in [1.807, 2.05) is 53.1 Å². The van der Waals surface area contributed by atoms with Crippen molar-refractivity contribution in [1.82, 2.24) is 20.1 Å². The summed E-state index contributed by atoms with van der Waals surface area (Å²) in [6.07, 6.45) is 0. The van der Waals surface area contributed by atoms with Gasteiger partial charge in [0.1, 0.15) is 0 Å². The smallest absolute Gasteiger partial charge is 0.251 e. The molecule has 0 aliphatic carbocycles. The van der Waals surface area contributed by atoms with Crippen LogP contribution >= 0.6 is 11.8 Å². The average molecular weight is 415 g/mol. The van der Waals surface area contributed by atoms with E-state index < -0.39 is 0 Å². The predicted octanol–water partition coefficient (Wildman–Crippen LogP) is 4.80. The Morgan fingerprint density at radius 2 is 1.57 bits per heavy atom. The van der Waals surface area contributed by atoms with Crippen LogP contribution in [-0.2, 0) is 12.3 Å². The van der Waals surface area contributed by atoms with Crippen molar-refractivity contribution in [2.45, 2.75) is 24.4 Å². The summed E-state index contributed by atoms with van der Waals surface area (Å²) in [5, 5.41) is 12.5. The second kappa shape index (κ2) is 9.41. The van der Waals surface area contributed by atoms with Crippen molar-refractivity contribution in [1.29, 1.82) is 0 Å². The lowest BCUT2D eigenvalue weighted by molar-refractivity contribution is 0.0949. The highest BCUT2D eigenvalue weighted by molar-refractivity contribution is 7.98. The highest BCUT2D eigenvalue weighted by Gasteiger charge is 2.16. The second-order valence-corrected chi connectivity index (χ2v) is 7.84. The Labute approximate surface area is 180 Å². The molecule has 0 unspecified atom stereocenters. The van der Waals surface area contributed by atoms with Crippen molar-refractivity contribution in [3.05, 3.63) is 107 Å². The van der Waals surface area contributed by atoms with Crippen LogP contribution in [0.5, 0.6) is 0 Å². The van der Waals surface area contributed by atoms with E-state index in [4.69, 9.17) is 0 Å². The molecule has 4 rings (SSSR count). The monoisotopic (exact) mass is 414 g/mol. The Hall–Kier alpha value is -3.38. The van der Waals surface area contributed by atoms with Crippen LogP contribution in [0.15, 0.2) is 90.1 Å². The van der Waals surface area contributed by atoms with Gasteiger partial charge < -0.3 is 5.32 Å². The quantitative estimate of drug-likeness (QED) is 0.442. The topological polar surface area (TPSA) is 59.8 Å². The summed E-state index contributed by atoms with van der Waals surface area (Å²) in [7, 11) is 0. The van der Waals surface area contributed by atoms with Gasteiger partial charge in [0.15, 0.2) is 11.0 Å². The molecule has 0 fully saturated rings. The molecule has 0 spiro atoms. The van der Waals surface area contributed by atoms with E-state index in [9.17, 15) is 4.79 Å². The fraction of sp³-hybridized carbons (Fsp3) is 0.125. The Morgan fingerprint density at radius 3 is 2.27 bits per heavy atom. The van der Waals surface area contributed by atoms with Gasteiger partial charge in [-0.2, -0.15) is 0 Å².